The third-order valence-electron chi connectivity index (χ3n) is 5.24. The summed E-state index contributed by atoms with van der Waals surface area (Å²) in [6.07, 6.45) is 4.65. The second kappa shape index (κ2) is 1.94. The second-order valence-corrected chi connectivity index (χ2v) is 5.65. The zero-order valence-electron chi connectivity index (χ0n) is 8.39. The minimum absolute atomic E-state index is 0.290. The fraction of sp³-hybridized carbons (Fsp3) is 0.909. The standard InChI is InChI=1S/C11H17NO/c1-10(2)7-3-4-11(10)6-9(13)12-8(11)5-7/h7-8H,3-6H2,1-2H3,(H,12,13)/t7-,8-,11-/m1/s1. The fourth-order valence-electron chi connectivity index (χ4n) is 4.24. The van der Waals surface area contributed by atoms with E-state index in [1.165, 1.54) is 19.3 Å². The number of carbonyl (C=O) groups is 1. The van der Waals surface area contributed by atoms with Crippen molar-refractivity contribution >= 4 is 5.91 Å². The number of fused-ring (bicyclic) bond motifs is 1. The molecule has 0 unspecified atom stereocenters. The van der Waals surface area contributed by atoms with Crippen molar-refractivity contribution in [2.24, 2.45) is 16.7 Å². The Morgan fingerprint density at radius 1 is 1.46 bits per heavy atom. The maximum absolute atomic E-state index is 11.4. The molecule has 3 aliphatic rings. The molecule has 0 aromatic carbocycles. The van der Waals surface area contributed by atoms with Crippen LogP contribution in [0, 0.1) is 16.7 Å². The van der Waals surface area contributed by atoms with E-state index < -0.39 is 0 Å². The van der Waals surface area contributed by atoms with Gasteiger partial charge in [0.2, 0.25) is 5.91 Å². The van der Waals surface area contributed by atoms with Crippen LogP contribution in [0.1, 0.15) is 39.5 Å². The van der Waals surface area contributed by atoms with Gasteiger partial charge in [0.25, 0.3) is 0 Å². The summed E-state index contributed by atoms with van der Waals surface area (Å²) in [6, 6.07) is 0.508. The molecule has 0 aromatic heterocycles. The molecule has 1 heterocycles. The Bertz CT molecular complexity index is 284. The molecule has 2 nitrogen and oxygen atoms in total. The van der Waals surface area contributed by atoms with Gasteiger partial charge in [0.1, 0.15) is 0 Å². The minimum Gasteiger partial charge on any atom is -0.353 e. The first-order chi connectivity index (χ1) is 6.06. The predicted octanol–water partition coefficient (Wildman–Crippen LogP) is 1.70. The van der Waals surface area contributed by atoms with Crippen molar-refractivity contribution in [3.63, 3.8) is 0 Å². The quantitative estimate of drug-likeness (QED) is 0.602. The van der Waals surface area contributed by atoms with Crippen LogP contribution >= 0.6 is 0 Å². The van der Waals surface area contributed by atoms with E-state index in [4.69, 9.17) is 0 Å². The Labute approximate surface area is 79.1 Å². The molecule has 2 aliphatic carbocycles. The van der Waals surface area contributed by atoms with Gasteiger partial charge in [0.05, 0.1) is 0 Å². The third kappa shape index (κ3) is 0.660. The Hall–Kier alpha value is -0.530. The zero-order chi connectivity index (χ0) is 9.27. The number of hydrogen-bond acceptors (Lipinski definition) is 1. The summed E-state index contributed by atoms with van der Waals surface area (Å²) in [4.78, 5) is 11.4. The molecule has 1 N–H and O–H groups in total. The molecular formula is C11H17NO. The number of hydrogen-bond donors (Lipinski definition) is 1. The average Bonchev–Trinajstić information content (AvgIpc) is 2.55. The molecule has 72 valence electrons. The van der Waals surface area contributed by atoms with Crippen LogP contribution in [0.2, 0.25) is 0 Å². The van der Waals surface area contributed by atoms with Crippen molar-refractivity contribution in [3.05, 3.63) is 0 Å². The maximum Gasteiger partial charge on any atom is 0.220 e. The highest BCUT2D eigenvalue weighted by molar-refractivity contribution is 5.80. The second-order valence-electron chi connectivity index (χ2n) is 5.65. The number of nitrogens with one attached hydrogen (secondary N) is 1. The Morgan fingerprint density at radius 2 is 2.23 bits per heavy atom. The molecule has 2 bridgehead atoms. The van der Waals surface area contributed by atoms with Gasteiger partial charge >= 0.3 is 0 Å². The monoisotopic (exact) mass is 179 g/mol. The SMILES string of the molecule is CC1(C)[C@@H]2CC[C@]13CC(=O)N[C@@H]3C2. The molecule has 3 rings (SSSR count). The Kier molecular flexibility index (Phi) is 1.17. The van der Waals surface area contributed by atoms with E-state index in [2.05, 4.69) is 19.2 Å². The lowest BCUT2D eigenvalue weighted by molar-refractivity contribution is -0.120. The van der Waals surface area contributed by atoms with Gasteiger partial charge in [-0.15, -0.1) is 0 Å². The molecule has 1 aliphatic heterocycles. The van der Waals surface area contributed by atoms with Gasteiger partial charge in [-0.2, -0.15) is 0 Å². The molecule has 0 aromatic rings. The molecule has 3 fully saturated rings. The van der Waals surface area contributed by atoms with E-state index in [-0.39, 0.29) is 0 Å². The molecular weight excluding hydrogens is 162 g/mol. The summed E-state index contributed by atoms with van der Waals surface area (Å²) in [5.74, 6) is 1.15. The van der Waals surface area contributed by atoms with Gasteiger partial charge in [0.15, 0.2) is 0 Å². The lowest BCUT2D eigenvalue weighted by Gasteiger charge is -2.36. The van der Waals surface area contributed by atoms with Crippen LogP contribution in [0.4, 0.5) is 0 Å². The van der Waals surface area contributed by atoms with Crippen molar-refractivity contribution in [2.45, 2.75) is 45.6 Å². The molecule has 1 spiro atoms. The summed E-state index contributed by atoms with van der Waals surface area (Å²) in [5, 5.41) is 3.15. The van der Waals surface area contributed by atoms with Gasteiger partial charge in [-0.25, -0.2) is 0 Å². The molecule has 2 saturated carbocycles. The lowest BCUT2D eigenvalue weighted by Crippen LogP contribution is -2.38. The van der Waals surface area contributed by atoms with Crippen LogP contribution in [0.5, 0.6) is 0 Å². The first kappa shape index (κ1) is 7.84. The normalized spacial score (nSPS) is 50.8. The van der Waals surface area contributed by atoms with Crippen LogP contribution in [-0.2, 0) is 4.79 Å². The summed E-state index contributed by atoms with van der Waals surface area (Å²) >= 11 is 0. The zero-order valence-corrected chi connectivity index (χ0v) is 8.39. The molecule has 13 heavy (non-hydrogen) atoms. The highest BCUT2D eigenvalue weighted by Crippen LogP contribution is 2.68. The lowest BCUT2D eigenvalue weighted by atomic mass is 9.67. The van der Waals surface area contributed by atoms with Gasteiger partial charge < -0.3 is 5.32 Å². The summed E-state index contributed by atoms with van der Waals surface area (Å²) in [7, 11) is 0. The van der Waals surface area contributed by atoms with E-state index in [1.54, 1.807) is 0 Å². The summed E-state index contributed by atoms with van der Waals surface area (Å²) in [5.41, 5.74) is 0.728. The van der Waals surface area contributed by atoms with Gasteiger partial charge in [0, 0.05) is 17.9 Å². The van der Waals surface area contributed by atoms with Crippen LogP contribution in [0.25, 0.3) is 0 Å². The molecule has 2 heteroatoms. The van der Waals surface area contributed by atoms with Crippen molar-refractivity contribution in [2.75, 3.05) is 0 Å². The molecule has 1 saturated heterocycles. The highest BCUT2D eigenvalue weighted by atomic mass is 16.2. The van der Waals surface area contributed by atoms with E-state index in [0.29, 0.717) is 22.8 Å². The summed E-state index contributed by atoms with van der Waals surface area (Å²) in [6.45, 7) is 4.73. The number of rotatable bonds is 0. The topological polar surface area (TPSA) is 29.1 Å². The van der Waals surface area contributed by atoms with Crippen molar-refractivity contribution in [1.82, 2.24) is 5.32 Å². The smallest absolute Gasteiger partial charge is 0.220 e. The van der Waals surface area contributed by atoms with Gasteiger partial charge in [-0.1, -0.05) is 13.8 Å². The van der Waals surface area contributed by atoms with Gasteiger partial charge in [-0.05, 0) is 30.6 Å². The Balaban J connectivity index is 2.09. The first-order valence-electron chi connectivity index (χ1n) is 5.36. The predicted molar refractivity (Wildman–Crippen MR) is 50.1 cm³/mol. The van der Waals surface area contributed by atoms with Crippen LogP contribution in [-0.4, -0.2) is 11.9 Å². The average molecular weight is 179 g/mol. The molecule has 1 amide bonds. The third-order valence-corrected chi connectivity index (χ3v) is 5.24. The number of amides is 1. The van der Waals surface area contributed by atoms with E-state index in [9.17, 15) is 4.79 Å². The molecule has 0 radical (unpaired) electrons. The van der Waals surface area contributed by atoms with E-state index >= 15 is 0 Å². The van der Waals surface area contributed by atoms with Crippen LogP contribution in [0.15, 0.2) is 0 Å². The Morgan fingerprint density at radius 3 is 2.85 bits per heavy atom. The summed E-state index contributed by atoms with van der Waals surface area (Å²) < 4.78 is 0. The largest absolute Gasteiger partial charge is 0.353 e. The first-order valence-corrected chi connectivity index (χ1v) is 5.36. The maximum atomic E-state index is 11.4. The number of carbonyl (C=O) groups excluding carboxylic acids is 1. The minimum atomic E-state index is 0.290. The van der Waals surface area contributed by atoms with E-state index in [0.717, 1.165) is 12.3 Å². The van der Waals surface area contributed by atoms with Crippen molar-refractivity contribution < 1.29 is 4.79 Å². The van der Waals surface area contributed by atoms with Crippen LogP contribution < -0.4 is 5.32 Å². The van der Waals surface area contributed by atoms with Gasteiger partial charge in [-0.3, -0.25) is 4.79 Å². The fourth-order valence-corrected chi connectivity index (χ4v) is 4.24. The van der Waals surface area contributed by atoms with Crippen molar-refractivity contribution in [1.29, 1.82) is 0 Å². The van der Waals surface area contributed by atoms with E-state index in [1.807, 2.05) is 0 Å². The van der Waals surface area contributed by atoms with Crippen LogP contribution in [0.3, 0.4) is 0 Å². The molecule has 3 atom stereocenters. The van der Waals surface area contributed by atoms with Crippen molar-refractivity contribution in [3.8, 4) is 0 Å². The highest BCUT2D eigenvalue weighted by Gasteiger charge is 2.67.